The van der Waals surface area contributed by atoms with Gasteiger partial charge >= 0.3 is 0 Å². The molecule has 0 saturated carbocycles. The molecule has 0 bridgehead atoms. The van der Waals surface area contributed by atoms with Crippen molar-refractivity contribution in [2.45, 2.75) is 0 Å². The Hall–Kier alpha value is -7.88. The molecule has 0 aliphatic heterocycles. The number of para-hydroxylation sites is 4. The summed E-state index contributed by atoms with van der Waals surface area (Å²) in [6, 6.07) is 71.8. The largest absolute Gasteiger partial charge is 0.311 e. The molecule has 11 rings (SSSR count). The fraction of sp³-hybridized carbons (Fsp3) is 0. The summed E-state index contributed by atoms with van der Waals surface area (Å²) in [6.45, 7) is 0. The zero-order valence-corrected chi connectivity index (χ0v) is 32.0. The van der Waals surface area contributed by atoms with Crippen molar-refractivity contribution in [1.29, 1.82) is 0 Å². The molecule has 0 amide bonds. The topological polar surface area (TPSA) is 11.4 Å². The molecule has 1 heterocycles. The molecule has 59 heavy (non-hydrogen) atoms. The molecule has 0 fully saturated rings. The van der Waals surface area contributed by atoms with Gasteiger partial charge < -0.3 is 14.4 Å². The molecule has 0 spiro atoms. The Balaban J connectivity index is 1.04. The minimum atomic E-state index is -0.108. The lowest BCUT2D eigenvalue weighted by Gasteiger charge is -2.26. The van der Waals surface area contributed by atoms with E-state index in [4.69, 9.17) is 0 Å². The summed E-state index contributed by atoms with van der Waals surface area (Å²) in [5, 5.41) is 6.59. The van der Waals surface area contributed by atoms with Crippen LogP contribution in [0.5, 0.6) is 0 Å². The van der Waals surface area contributed by atoms with Crippen LogP contribution in [0.25, 0.3) is 60.2 Å². The Kier molecular flexibility index (Phi) is 7.48. The predicted octanol–water partition coefficient (Wildman–Crippen LogP) is 15.7. The number of fused-ring (bicyclic) bond motifs is 5. The van der Waals surface area contributed by atoms with E-state index in [1.165, 1.54) is 16.2 Å². The minimum Gasteiger partial charge on any atom is -0.311 e. The molecule has 0 unspecified atom stereocenters. The van der Waals surface area contributed by atoms with Crippen LogP contribution in [0.4, 0.5) is 34.1 Å². The highest BCUT2D eigenvalue weighted by Gasteiger charge is 2.19. The molecule has 278 valence electrons. The van der Waals surface area contributed by atoms with E-state index in [9.17, 15) is 5.48 Å². The van der Waals surface area contributed by atoms with Crippen LogP contribution in [0.2, 0.25) is 0 Å². The average Bonchev–Trinajstić information content (AvgIpc) is 3.67. The van der Waals surface area contributed by atoms with Crippen LogP contribution in [0.1, 0.15) is 5.48 Å². The highest BCUT2D eigenvalue weighted by atomic mass is 15.1. The van der Waals surface area contributed by atoms with Gasteiger partial charge in [-0.15, -0.1) is 0 Å². The van der Waals surface area contributed by atoms with Gasteiger partial charge in [-0.25, -0.2) is 0 Å². The summed E-state index contributed by atoms with van der Waals surface area (Å²) in [6.07, 6.45) is 0. The van der Waals surface area contributed by atoms with E-state index >= 15 is 0 Å². The second-order valence-electron chi connectivity index (χ2n) is 14.7. The maximum atomic E-state index is 9.31. The van der Waals surface area contributed by atoms with E-state index in [0.717, 1.165) is 61.3 Å². The molecule has 3 nitrogen and oxygen atoms in total. The molecule has 0 atom stereocenters. The van der Waals surface area contributed by atoms with Crippen LogP contribution in [0.3, 0.4) is 0 Å². The van der Waals surface area contributed by atoms with E-state index in [0.29, 0.717) is 5.56 Å². The highest BCUT2D eigenvalue weighted by molar-refractivity contribution is 6.10. The van der Waals surface area contributed by atoms with Gasteiger partial charge in [0.15, 0.2) is 0 Å². The SMILES string of the molecule is [2H]c1c([2H])c(N(c2ccccc2)c2ccccc2)c([2H])c([2H])c1-c1ccc2cc(N(c3ccc4ccccc4c3)c3ccc4c5ccccc5n(-c5ccccc5)c4c3)ccc2c1. The lowest BCUT2D eigenvalue weighted by molar-refractivity contribution is 1.18. The zero-order valence-electron chi connectivity index (χ0n) is 36.0. The van der Waals surface area contributed by atoms with Crippen LogP contribution in [-0.2, 0) is 0 Å². The first kappa shape index (κ1) is 30.3. The summed E-state index contributed by atoms with van der Waals surface area (Å²) in [7, 11) is 0. The van der Waals surface area contributed by atoms with Crippen molar-refractivity contribution >= 4 is 77.5 Å². The van der Waals surface area contributed by atoms with Crippen molar-refractivity contribution in [3.8, 4) is 16.8 Å². The lowest BCUT2D eigenvalue weighted by Crippen LogP contribution is -2.10. The van der Waals surface area contributed by atoms with Gasteiger partial charge in [-0.05, 0) is 130 Å². The fourth-order valence-electron chi connectivity index (χ4n) is 8.37. The second kappa shape index (κ2) is 14.6. The third kappa shape index (κ3) is 6.26. The molecule has 1 aromatic heterocycles. The Morgan fingerprint density at radius 2 is 0.797 bits per heavy atom. The molecule has 3 heteroatoms. The predicted molar refractivity (Wildman–Crippen MR) is 251 cm³/mol. The van der Waals surface area contributed by atoms with Gasteiger partial charge in [-0.1, -0.05) is 139 Å². The first-order valence-electron chi connectivity index (χ1n) is 21.9. The third-order valence-corrected chi connectivity index (χ3v) is 11.2. The maximum Gasteiger partial charge on any atom is 0.0645 e. The Labute approximate surface area is 349 Å². The van der Waals surface area contributed by atoms with E-state index in [-0.39, 0.29) is 35.4 Å². The molecular weight excluding hydrogens is 715 g/mol. The second-order valence-corrected chi connectivity index (χ2v) is 14.7. The smallest absolute Gasteiger partial charge is 0.0645 e. The van der Waals surface area contributed by atoms with E-state index < -0.39 is 0 Å². The zero-order chi connectivity index (χ0) is 42.6. The third-order valence-electron chi connectivity index (χ3n) is 11.2. The highest BCUT2D eigenvalue weighted by Crippen LogP contribution is 2.42. The number of hydrogen-bond acceptors (Lipinski definition) is 2. The Morgan fingerprint density at radius 3 is 1.51 bits per heavy atom. The molecule has 0 aliphatic rings. The van der Waals surface area contributed by atoms with E-state index in [1.807, 2.05) is 84.9 Å². The van der Waals surface area contributed by atoms with Crippen LogP contribution in [-0.4, -0.2) is 4.57 Å². The minimum absolute atomic E-state index is 0.0929. The number of nitrogens with zero attached hydrogens (tertiary/aromatic N) is 3. The number of rotatable bonds is 8. The van der Waals surface area contributed by atoms with E-state index in [2.05, 4.69) is 137 Å². The van der Waals surface area contributed by atoms with Crippen LogP contribution < -0.4 is 9.80 Å². The van der Waals surface area contributed by atoms with Gasteiger partial charge in [-0.2, -0.15) is 0 Å². The maximum absolute atomic E-state index is 9.31. The molecule has 0 N–H and O–H groups in total. The van der Waals surface area contributed by atoms with Crippen LogP contribution in [0, 0.1) is 0 Å². The molecule has 0 aliphatic carbocycles. The Bertz CT molecular complexity index is 3450. The molecular formula is C56H39N3. The first-order chi connectivity index (χ1) is 30.9. The summed E-state index contributed by atoms with van der Waals surface area (Å²) in [5.41, 5.74) is 8.94. The summed E-state index contributed by atoms with van der Waals surface area (Å²) in [4.78, 5) is 4.10. The number of benzene rings is 10. The summed E-state index contributed by atoms with van der Waals surface area (Å²) < 4.78 is 39.6. The van der Waals surface area contributed by atoms with Gasteiger partial charge in [0.2, 0.25) is 0 Å². The molecule has 0 saturated heterocycles. The van der Waals surface area contributed by atoms with Crippen molar-refractivity contribution in [3.05, 3.63) is 236 Å². The first-order valence-corrected chi connectivity index (χ1v) is 19.9. The standard InChI is InChI=1S/C56H39N3/c1-4-16-46(17-5-1)57(47-18-6-2-7-19-47)49-30-26-41(27-31-49)43-24-25-45-38-51(33-29-44(45)36-43)58(50-32-28-40-14-10-11-15-42(40)37-50)52-34-35-54-53-22-12-13-23-55(53)59(56(54)39-52)48-20-8-3-9-21-48/h1-39H/i26D,27D,30D,31D. The monoisotopic (exact) mass is 757 g/mol. The number of hydrogen-bond donors (Lipinski definition) is 0. The fourth-order valence-corrected chi connectivity index (χ4v) is 8.37. The van der Waals surface area contributed by atoms with Gasteiger partial charge in [0.25, 0.3) is 0 Å². The van der Waals surface area contributed by atoms with Gasteiger partial charge in [0.05, 0.1) is 16.5 Å². The van der Waals surface area contributed by atoms with Crippen molar-refractivity contribution < 1.29 is 5.48 Å². The summed E-state index contributed by atoms with van der Waals surface area (Å²) in [5.74, 6) is 0. The van der Waals surface area contributed by atoms with Gasteiger partial charge in [0.1, 0.15) is 0 Å². The number of aromatic nitrogens is 1. The lowest BCUT2D eigenvalue weighted by atomic mass is 10.00. The Morgan fingerprint density at radius 1 is 0.305 bits per heavy atom. The quantitative estimate of drug-likeness (QED) is 0.153. The van der Waals surface area contributed by atoms with Gasteiger partial charge in [0, 0.05) is 50.6 Å². The van der Waals surface area contributed by atoms with Crippen LogP contribution >= 0.6 is 0 Å². The van der Waals surface area contributed by atoms with E-state index in [1.54, 1.807) is 4.90 Å². The molecule has 0 radical (unpaired) electrons. The van der Waals surface area contributed by atoms with Crippen molar-refractivity contribution in [1.82, 2.24) is 4.57 Å². The van der Waals surface area contributed by atoms with Crippen molar-refractivity contribution in [2.75, 3.05) is 9.80 Å². The number of anilines is 6. The van der Waals surface area contributed by atoms with Gasteiger partial charge in [-0.3, -0.25) is 0 Å². The molecule has 10 aromatic carbocycles. The average molecular weight is 758 g/mol. The summed E-state index contributed by atoms with van der Waals surface area (Å²) >= 11 is 0. The van der Waals surface area contributed by atoms with Crippen molar-refractivity contribution in [2.24, 2.45) is 0 Å². The van der Waals surface area contributed by atoms with Crippen LogP contribution in [0.15, 0.2) is 236 Å². The normalized spacial score (nSPS) is 12.3. The molecule has 11 aromatic rings. The van der Waals surface area contributed by atoms with Crippen molar-refractivity contribution in [3.63, 3.8) is 0 Å².